The number of carbonyl (C=O) groups excluding carboxylic acids is 3. The maximum atomic E-state index is 13.9. The lowest BCUT2D eigenvalue weighted by Gasteiger charge is -2.39. The van der Waals surface area contributed by atoms with E-state index < -0.39 is 5.60 Å². The van der Waals surface area contributed by atoms with Crippen molar-refractivity contribution in [3.8, 4) is 5.75 Å². The van der Waals surface area contributed by atoms with Crippen molar-refractivity contribution in [3.05, 3.63) is 95.6 Å². The highest BCUT2D eigenvalue weighted by Crippen LogP contribution is 2.38. The molecule has 0 atom stereocenters. The molecule has 0 spiro atoms. The van der Waals surface area contributed by atoms with Gasteiger partial charge in [0.15, 0.2) is 5.60 Å². The molecule has 3 aromatic rings. The van der Waals surface area contributed by atoms with E-state index in [2.05, 4.69) is 12.1 Å². The summed E-state index contributed by atoms with van der Waals surface area (Å²) in [7, 11) is 0. The van der Waals surface area contributed by atoms with Crippen LogP contribution in [-0.2, 0) is 22.6 Å². The van der Waals surface area contributed by atoms with Gasteiger partial charge in [-0.2, -0.15) is 0 Å². The maximum Gasteiger partial charge on any atom is 0.271 e. The molecule has 2 aliphatic rings. The smallest absolute Gasteiger partial charge is 0.271 e. The van der Waals surface area contributed by atoms with Gasteiger partial charge in [-0.15, -0.1) is 0 Å². The zero-order valence-electron chi connectivity index (χ0n) is 22.6. The Morgan fingerprint density at radius 3 is 2.21 bits per heavy atom. The van der Waals surface area contributed by atoms with Crippen LogP contribution < -0.4 is 9.64 Å². The summed E-state index contributed by atoms with van der Waals surface area (Å²) in [5, 5.41) is 0. The van der Waals surface area contributed by atoms with E-state index >= 15 is 0 Å². The van der Waals surface area contributed by atoms with E-state index in [0.717, 1.165) is 30.4 Å². The van der Waals surface area contributed by atoms with Crippen LogP contribution >= 0.6 is 0 Å². The zero-order chi connectivity index (χ0) is 27.4. The molecule has 3 aromatic carbocycles. The lowest BCUT2D eigenvalue weighted by Crippen LogP contribution is -2.55. The van der Waals surface area contributed by atoms with E-state index in [1.807, 2.05) is 53.4 Å². The van der Waals surface area contributed by atoms with Crippen molar-refractivity contribution in [2.45, 2.75) is 45.3 Å². The molecular formula is C32H35N3O4. The first kappa shape index (κ1) is 26.5. The highest BCUT2D eigenvalue weighted by atomic mass is 16.5. The van der Waals surface area contributed by atoms with Gasteiger partial charge in [0.05, 0.1) is 5.69 Å². The Bertz CT molecular complexity index is 1330. The van der Waals surface area contributed by atoms with Gasteiger partial charge >= 0.3 is 0 Å². The summed E-state index contributed by atoms with van der Waals surface area (Å²) in [6.07, 6.45) is 2.67. The van der Waals surface area contributed by atoms with Crippen molar-refractivity contribution in [3.63, 3.8) is 0 Å². The largest absolute Gasteiger partial charge is 0.476 e. The monoisotopic (exact) mass is 525 g/mol. The highest BCUT2D eigenvalue weighted by Gasteiger charge is 2.42. The number of anilines is 1. The topological polar surface area (TPSA) is 70.2 Å². The number of ether oxygens (including phenoxy) is 1. The third kappa shape index (κ3) is 5.98. The molecule has 0 bridgehead atoms. The summed E-state index contributed by atoms with van der Waals surface area (Å²) >= 11 is 0. The Morgan fingerprint density at radius 2 is 1.54 bits per heavy atom. The number of hydrogen-bond acceptors (Lipinski definition) is 4. The predicted molar refractivity (Wildman–Crippen MR) is 151 cm³/mol. The number of likely N-dealkylation sites (tertiary alicyclic amines) is 1. The van der Waals surface area contributed by atoms with Gasteiger partial charge in [0.25, 0.3) is 11.8 Å². The summed E-state index contributed by atoms with van der Waals surface area (Å²) in [6.45, 7) is 5.76. The molecule has 1 fully saturated rings. The molecule has 0 N–H and O–H groups in total. The average Bonchev–Trinajstić information content (AvgIpc) is 3.49. The number of fused-ring (bicyclic) bond motifs is 1. The molecule has 0 aliphatic carbocycles. The molecule has 0 aromatic heterocycles. The average molecular weight is 526 g/mol. The van der Waals surface area contributed by atoms with Crippen LogP contribution in [0.2, 0.25) is 0 Å². The maximum absolute atomic E-state index is 13.9. The number of rotatable bonds is 8. The van der Waals surface area contributed by atoms with Crippen LogP contribution in [0.25, 0.3) is 0 Å². The van der Waals surface area contributed by atoms with E-state index in [1.54, 1.807) is 36.9 Å². The summed E-state index contributed by atoms with van der Waals surface area (Å²) in [5.74, 6) is -0.0305. The first-order valence-corrected chi connectivity index (χ1v) is 13.6. The van der Waals surface area contributed by atoms with Crippen molar-refractivity contribution in [1.29, 1.82) is 0 Å². The number of amides is 3. The third-order valence-electron chi connectivity index (χ3n) is 7.39. The fraction of sp³-hybridized carbons (Fsp3) is 0.344. The van der Waals surface area contributed by atoms with Crippen LogP contribution in [0.5, 0.6) is 5.75 Å². The Balaban J connectivity index is 1.43. The first-order valence-electron chi connectivity index (χ1n) is 13.6. The van der Waals surface area contributed by atoms with Gasteiger partial charge in [0, 0.05) is 31.7 Å². The number of carbonyl (C=O) groups is 3. The van der Waals surface area contributed by atoms with Gasteiger partial charge in [-0.25, -0.2) is 0 Å². The minimum Gasteiger partial charge on any atom is -0.476 e. The summed E-state index contributed by atoms with van der Waals surface area (Å²) in [5.41, 5.74) is 1.99. The van der Waals surface area contributed by atoms with Gasteiger partial charge in [-0.3, -0.25) is 19.3 Å². The lowest BCUT2D eigenvalue weighted by atomic mass is 10.0. The molecular weight excluding hydrogens is 490 g/mol. The molecule has 202 valence electrons. The molecule has 5 rings (SSSR count). The normalized spacial score (nSPS) is 16.0. The van der Waals surface area contributed by atoms with Crippen molar-refractivity contribution >= 4 is 23.4 Å². The molecule has 39 heavy (non-hydrogen) atoms. The lowest BCUT2D eigenvalue weighted by molar-refractivity contribution is -0.136. The Hall–Kier alpha value is -4.13. The van der Waals surface area contributed by atoms with Crippen LogP contribution in [0, 0.1) is 0 Å². The number of hydrogen-bond donors (Lipinski definition) is 0. The van der Waals surface area contributed by atoms with Crippen LogP contribution in [0.4, 0.5) is 5.69 Å². The molecule has 7 heteroatoms. The van der Waals surface area contributed by atoms with E-state index in [0.29, 0.717) is 43.2 Å². The molecule has 2 heterocycles. The second-order valence-electron chi connectivity index (χ2n) is 10.7. The Kier molecular flexibility index (Phi) is 7.68. The fourth-order valence-electron chi connectivity index (χ4n) is 5.21. The molecule has 7 nitrogen and oxygen atoms in total. The first-order chi connectivity index (χ1) is 18.8. The van der Waals surface area contributed by atoms with Gasteiger partial charge in [0.2, 0.25) is 5.91 Å². The van der Waals surface area contributed by atoms with E-state index in [1.165, 1.54) is 4.90 Å². The molecule has 3 amide bonds. The Morgan fingerprint density at radius 1 is 0.897 bits per heavy atom. The minimum atomic E-state index is -1.11. The SMILES string of the molecule is CC1(C)Oc2ccc(C(=O)N(CCc3ccccc3)Cc3ccccc3)cc2N(CC(=O)N2CCCC2)C1=O. The van der Waals surface area contributed by atoms with E-state index in [4.69, 9.17) is 4.74 Å². The van der Waals surface area contributed by atoms with E-state index in [-0.39, 0.29) is 24.3 Å². The van der Waals surface area contributed by atoms with Gasteiger partial charge in [-0.05, 0) is 62.4 Å². The predicted octanol–water partition coefficient (Wildman–Crippen LogP) is 4.70. The summed E-state index contributed by atoms with van der Waals surface area (Å²) < 4.78 is 6.02. The fourth-order valence-corrected chi connectivity index (χ4v) is 5.21. The van der Waals surface area contributed by atoms with Crippen molar-refractivity contribution in [2.75, 3.05) is 31.1 Å². The number of nitrogens with zero attached hydrogens (tertiary/aromatic N) is 3. The van der Waals surface area contributed by atoms with Crippen molar-refractivity contribution < 1.29 is 19.1 Å². The molecule has 0 radical (unpaired) electrons. The molecule has 1 saturated heterocycles. The standard InChI is InChI=1S/C32H35N3O4/c1-32(2)31(38)35(23-29(36)33-18-9-10-19-33)27-21-26(15-16-28(27)39-32)30(37)34(22-25-13-7-4-8-14-25)20-17-24-11-5-3-6-12-24/h3-8,11-16,21H,9-10,17-20,22-23H2,1-2H3. The Labute approximate surface area is 230 Å². The zero-order valence-corrected chi connectivity index (χ0v) is 22.6. The molecule has 0 unspecified atom stereocenters. The van der Waals surface area contributed by atoms with E-state index in [9.17, 15) is 14.4 Å². The quantitative estimate of drug-likeness (QED) is 0.428. The van der Waals surface area contributed by atoms with Gasteiger partial charge < -0.3 is 14.5 Å². The summed E-state index contributed by atoms with van der Waals surface area (Å²) in [4.78, 5) is 45.5. The van der Waals surface area contributed by atoms with Crippen LogP contribution in [0.1, 0.15) is 48.2 Å². The second-order valence-corrected chi connectivity index (χ2v) is 10.7. The minimum absolute atomic E-state index is 0.0714. The molecule has 0 saturated carbocycles. The highest BCUT2D eigenvalue weighted by molar-refractivity contribution is 6.07. The van der Waals surface area contributed by atoms with Crippen LogP contribution in [0.3, 0.4) is 0 Å². The van der Waals surface area contributed by atoms with Crippen molar-refractivity contribution in [1.82, 2.24) is 9.80 Å². The van der Waals surface area contributed by atoms with Gasteiger partial charge in [-0.1, -0.05) is 60.7 Å². The number of benzene rings is 3. The summed E-state index contributed by atoms with van der Waals surface area (Å²) in [6, 6.07) is 25.2. The van der Waals surface area contributed by atoms with Crippen LogP contribution in [0.15, 0.2) is 78.9 Å². The molecule has 2 aliphatic heterocycles. The second kappa shape index (κ2) is 11.3. The van der Waals surface area contributed by atoms with Gasteiger partial charge in [0.1, 0.15) is 12.3 Å². The third-order valence-corrected chi connectivity index (χ3v) is 7.39. The van der Waals surface area contributed by atoms with Crippen LogP contribution in [-0.4, -0.2) is 59.3 Å². The van der Waals surface area contributed by atoms with Crippen molar-refractivity contribution in [2.24, 2.45) is 0 Å².